The van der Waals surface area contributed by atoms with Crippen LogP contribution in [-0.4, -0.2) is 24.9 Å². The van der Waals surface area contributed by atoms with Crippen LogP contribution in [0.4, 0.5) is 0 Å². The molecule has 0 amide bonds. The van der Waals surface area contributed by atoms with Crippen LogP contribution in [0.1, 0.15) is 0 Å². The predicted octanol–water partition coefficient (Wildman–Crippen LogP) is 12.7. The summed E-state index contributed by atoms with van der Waals surface area (Å²) in [5, 5.41) is 2.47. The first-order chi connectivity index (χ1) is 27.2. The number of fused-ring (bicyclic) bond motifs is 3. The summed E-state index contributed by atoms with van der Waals surface area (Å²) in [5.41, 5.74) is 10.6. The van der Waals surface area contributed by atoms with E-state index in [1.54, 1.807) is 0 Å². The van der Waals surface area contributed by atoms with Gasteiger partial charge in [-0.15, -0.1) is 11.3 Å². The zero-order valence-corrected chi connectivity index (χ0v) is 30.4. The van der Waals surface area contributed by atoms with E-state index in [2.05, 4.69) is 103 Å². The second-order valence-electron chi connectivity index (χ2n) is 13.3. The Kier molecular flexibility index (Phi) is 8.28. The lowest BCUT2D eigenvalue weighted by molar-refractivity contribution is 1.12. The van der Waals surface area contributed by atoms with Crippen molar-refractivity contribution in [2.24, 2.45) is 0 Å². The maximum atomic E-state index is 5.29. The predicted molar refractivity (Wildman–Crippen MR) is 226 cm³/mol. The fourth-order valence-electron chi connectivity index (χ4n) is 6.98. The summed E-state index contributed by atoms with van der Waals surface area (Å²) in [6, 6.07) is 64.5. The molecule has 10 aromatic rings. The van der Waals surface area contributed by atoms with Gasteiger partial charge in [0, 0.05) is 42.4 Å². The average Bonchev–Trinajstić information content (AvgIpc) is 3.65. The maximum Gasteiger partial charge on any atom is 0.179 e. The molecule has 10 rings (SSSR count). The molecule has 6 aromatic carbocycles. The number of benzene rings is 6. The van der Waals surface area contributed by atoms with Crippen LogP contribution < -0.4 is 0 Å². The molecule has 0 unspecified atom stereocenters. The van der Waals surface area contributed by atoms with Gasteiger partial charge in [-0.2, -0.15) is 0 Å². The number of hydrogen-bond acceptors (Lipinski definition) is 6. The van der Waals surface area contributed by atoms with Crippen LogP contribution in [-0.2, 0) is 0 Å². The normalized spacial score (nSPS) is 11.3. The summed E-state index contributed by atoms with van der Waals surface area (Å²) in [4.78, 5) is 26.0. The van der Waals surface area contributed by atoms with Crippen molar-refractivity contribution in [1.29, 1.82) is 0 Å². The van der Waals surface area contributed by atoms with Crippen molar-refractivity contribution < 1.29 is 0 Å². The molecule has 4 heterocycles. The van der Waals surface area contributed by atoms with Gasteiger partial charge < -0.3 is 0 Å². The van der Waals surface area contributed by atoms with E-state index in [0.717, 1.165) is 56.2 Å². The zero-order valence-electron chi connectivity index (χ0n) is 29.5. The van der Waals surface area contributed by atoms with Crippen LogP contribution in [0.5, 0.6) is 0 Å². The monoisotopic (exact) mass is 721 g/mol. The Bertz CT molecular complexity index is 2700. The van der Waals surface area contributed by atoms with E-state index >= 15 is 0 Å². The van der Waals surface area contributed by atoms with Gasteiger partial charge in [-0.05, 0) is 53.6 Å². The van der Waals surface area contributed by atoms with E-state index in [1.165, 1.54) is 20.2 Å². The molecular formula is C49H31N5S. The molecule has 0 N–H and O–H groups in total. The van der Waals surface area contributed by atoms with Gasteiger partial charge in [-0.1, -0.05) is 146 Å². The summed E-state index contributed by atoms with van der Waals surface area (Å²) in [6.07, 6.45) is 0. The summed E-state index contributed by atoms with van der Waals surface area (Å²) in [7, 11) is 0. The van der Waals surface area contributed by atoms with E-state index in [9.17, 15) is 0 Å². The third-order valence-electron chi connectivity index (χ3n) is 9.72. The van der Waals surface area contributed by atoms with Gasteiger partial charge in [0.1, 0.15) is 11.4 Å². The molecule has 0 spiro atoms. The molecule has 55 heavy (non-hydrogen) atoms. The molecule has 0 aliphatic heterocycles. The van der Waals surface area contributed by atoms with E-state index in [4.69, 9.17) is 24.9 Å². The number of aromatic nitrogens is 5. The van der Waals surface area contributed by atoms with E-state index in [0.29, 0.717) is 23.0 Å². The van der Waals surface area contributed by atoms with Crippen molar-refractivity contribution in [3.05, 3.63) is 188 Å². The molecule has 0 atom stereocenters. The SMILES string of the molecule is c1ccc(-c2cc(-c3ccccc3)nc(-c3cc(-c4ccc5sc6ccccc6c5c4)cc(-c4nc(-c5ccccc5)cc(-c5ccccc5)n4)n3)n2)cc1. The molecule has 0 aliphatic rings. The molecule has 6 heteroatoms. The van der Waals surface area contributed by atoms with Crippen LogP contribution in [0.25, 0.3) is 99.4 Å². The minimum absolute atomic E-state index is 0.521. The summed E-state index contributed by atoms with van der Waals surface area (Å²) in [5.74, 6) is 1.04. The van der Waals surface area contributed by atoms with Crippen LogP contribution >= 0.6 is 11.3 Å². The highest BCUT2D eigenvalue weighted by molar-refractivity contribution is 7.25. The second-order valence-corrected chi connectivity index (χ2v) is 14.4. The second kappa shape index (κ2) is 14.0. The van der Waals surface area contributed by atoms with Gasteiger partial charge in [0.25, 0.3) is 0 Å². The van der Waals surface area contributed by atoms with Crippen molar-refractivity contribution in [3.8, 4) is 79.2 Å². The Labute approximate surface area is 322 Å². The Morgan fingerprint density at radius 3 is 1.11 bits per heavy atom. The highest BCUT2D eigenvalue weighted by atomic mass is 32.1. The lowest BCUT2D eigenvalue weighted by atomic mass is 10.0. The Morgan fingerprint density at radius 1 is 0.255 bits per heavy atom. The molecule has 0 aliphatic carbocycles. The standard InChI is InChI=1S/C49H31N5S/c1-5-15-32(16-6-1)40-30-41(33-17-7-2-8-18-33)52-48(51-40)44-28-37(36-25-26-47-39(27-36)38-23-13-14-24-46(38)55-47)29-45(50-44)49-53-42(34-19-9-3-10-20-34)31-43(54-49)35-21-11-4-12-22-35/h1-31H. The molecule has 0 saturated carbocycles. The molecule has 5 nitrogen and oxygen atoms in total. The zero-order chi connectivity index (χ0) is 36.6. The summed E-state index contributed by atoms with van der Waals surface area (Å²) < 4.78 is 2.52. The van der Waals surface area contributed by atoms with Crippen LogP contribution in [0.3, 0.4) is 0 Å². The lowest BCUT2D eigenvalue weighted by Gasteiger charge is -2.13. The van der Waals surface area contributed by atoms with Crippen molar-refractivity contribution in [3.63, 3.8) is 0 Å². The van der Waals surface area contributed by atoms with Crippen molar-refractivity contribution in [2.75, 3.05) is 0 Å². The topological polar surface area (TPSA) is 64.5 Å². The maximum absolute atomic E-state index is 5.29. The third kappa shape index (κ3) is 6.45. The molecule has 0 bridgehead atoms. The smallest absolute Gasteiger partial charge is 0.179 e. The molecule has 4 aromatic heterocycles. The van der Waals surface area contributed by atoms with Gasteiger partial charge in [0.2, 0.25) is 0 Å². The van der Waals surface area contributed by atoms with Crippen molar-refractivity contribution in [1.82, 2.24) is 24.9 Å². The fourth-order valence-corrected chi connectivity index (χ4v) is 8.07. The Morgan fingerprint density at radius 2 is 0.655 bits per heavy atom. The van der Waals surface area contributed by atoms with Crippen LogP contribution in [0, 0.1) is 0 Å². The average molecular weight is 722 g/mol. The highest BCUT2D eigenvalue weighted by Gasteiger charge is 2.18. The van der Waals surface area contributed by atoms with Gasteiger partial charge in [-0.25, -0.2) is 24.9 Å². The quantitative estimate of drug-likeness (QED) is 0.164. The third-order valence-corrected chi connectivity index (χ3v) is 10.9. The first-order valence-corrected chi connectivity index (χ1v) is 19.0. The summed E-state index contributed by atoms with van der Waals surface area (Å²) in [6.45, 7) is 0. The van der Waals surface area contributed by atoms with Crippen molar-refractivity contribution >= 4 is 31.5 Å². The highest BCUT2D eigenvalue weighted by Crippen LogP contribution is 2.38. The molecule has 0 radical (unpaired) electrons. The number of thiophene rings is 1. The van der Waals surface area contributed by atoms with Gasteiger partial charge in [0.05, 0.1) is 22.8 Å². The Hall–Kier alpha value is -7.15. The summed E-state index contributed by atoms with van der Waals surface area (Å²) >= 11 is 1.81. The first-order valence-electron chi connectivity index (χ1n) is 18.2. The fraction of sp³-hybridized carbons (Fsp3) is 0. The molecule has 0 saturated heterocycles. The first kappa shape index (κ1) is 32.5. The largest absolute Gasteiger partial charge is 0.241 e. The number of hydrogen-bond donors (Lipinski definition) is 0. The van der Waals surface area contributed by atoms with Crippen molar-refractivity contribution in [2.45, 2.75) is 0 Å². The van der Waals surface area contributed by atoms with E-state index in [1.807, 2.05) is 96.3 Å². The van der Waals surface area contributed by atoms with Crippen LogP contribution in [0.2, 0.25) is 0 Å². The number of nitrogens with zero attached hydrogens (tertiary/aromatic N) is 5. The van der Waals surface area contributed by atoms with Gasteiger partial charge in [0.15, 0.2) is 11.6 Å². The minimum atomic E-state index is 0.521. The number of rotatable bonds is 7. The minimum Gasteiger partial charge on any atom is -0.241 e. The molecule has 0 fully saturated rings. The Balaban J connectivity index is 1.23. The lowest BCUT2D eigenvalue weighted by Crippen LogP contribution is -2.01. The van der Waals surface area contributed by atoms with E-state index in [-0.39, 0.29) is 0 Å². The molecular weight excluding hydrogens is 691 g/mol. The molecule has 258 valence electrons. The van der Waals surface area contributed by atoms with E-state index < -0.39 is 0 Å². The van der Waals surface area contributed by atoms with Gasteiger partial charge >= 0.3 is 0 Å². The van der Waals surface area contributed by atoms with Gasteiger partial charge in [-0.3, -0.25) is 0 Å². The number of pyridine rings is 1. The van der Waals surface area contributed by atoms with Crippen LogP contribution in [0.15, 0.2) is 188 Å².